The van der Waals surface area contributed by atoms with Gasteiger partial charge in [0.15, 0.2) is 6.10 Å². The first-order valence-electron chi connectivity index (χ1n) is 37.5. The van der Waals surface area contributed by atoms with Gasteiger partial charge in [0.05, 0.1) is 13.2 Å². The van der Waals surface area contributed by atoms with Gasteiger partial charge in [0.25, 0.3) is 0 Å². The van der Waals surface area contributed by atoms with Gasteiger partial charge < -0.3 is 20.1 Å². The van der Waals surface area contributed by atoms with Gasteiger partial charge in [-0.15, -0.1) is 0 Å². The van der Waals surface area contributed by atoms with Gasteiger partial charge in [-0.2, -0.15) is 0 Å². The quantitative estimate of drug-likeness (QED) is 0.0347. The van der Waals surface area contributed by atoms with Crippen LogP contribution in [0.3, 0.4) is 0 Å². The van der Waals surface area contributed by atoms with Crippen molar-refractivity contribution in [2.75, 3.05) is 26.4 Å². The summed E-state index contributed by atoms with van der Waals surface area (Å²) in [5, 5.41) is 0. The minimum Gasteiger partial charge on any atom is -0.462 e. The summed E-state index contributed by atoms with van der Waals surface area (Å²) in [5.74, 6) is -0.795. The Morgan fingerprint density at radius 2 is 0.518 bits per heavy atom. The Morgan fingerprint density at radius 1 is 0.313 bits per heavy atom. The van der Waals surface area contributed by atoms with E-state index in [-0.39, 0.29) is 32.1 Å². The van der Waals surface area contributed by atoms with Crippen molar-refractivity contribution in [1.82, 2.24) is 0 Å². The third-order valence-electron chi connectivity index (χ3n) is 17.5. The number of phosphoric acid groups is 1. The van der Waals surface area contributed by atoms with Crippen LogP contribution in [0.25, 0.3) is 0 Å². The Morgan fingerprint density at radius 3 is 0.735 bits per heavy atom. The Hall–Kier alpha value is -0.990. The lowest BCUT2D eigenvalue weighted by Crippen LogP contribution is -2.29. The lowest BCUT2D eigenvalue weighted by Gasteiger charge is -2.19. The third kappa shape index (κ3) is 70.0. The number of carbonyl (C=O) groups excluding carboxylic acids is 2. The highest BCUT2D eigenvalue weighted by atomic mass is 31.2. The van der Waals surface area contributed by atoms with Crippen LogP contribution in [-0.4, -0.2) is 49.3 Å². The van der Waals surface area contributed by atoms with Crippen LogP contribution in [0, 0.1) is 0 Å². The summed E-state index contributed by atoms with van der Waals surface area (Å²) in [5.41, 5.74) is 5.41. The smallest absolute Gasteiger partial charge is 0.462 e. The second-order valence-corrected chi connectivity index (χ2v) is 27.3. The molecule has 0 aliphatic heterocycles. The van der Waals surface area contributed by atoms with E-state index in [4.69, 9.17) is 24.3 Å². The molecule has 2 atom stereocenters. The van der Waals surface area contributed by atoms with Gasteiger partial charge >= 0.3 is 19.8 Å². The molecule has 3 N–H and O–H groups in total. The molecular formula is C73H146NO8P. The van der Waals surface area contributed by atoms with Crippen LogP contribution in [-0.2, 0) is 32.7 Å². The molecule has 0 fully saturated rings. The highest BCUT2D eigenvalue weighted by Gasteiger charge is 2.26. The highest BCUT2D eigenvalue weighted by Crippen LogP contribution is 2.43. The Balaban J connectivity index is 3.75. The van der Waals surface area contributed by atoms with Crippen molar-refractivity contribution >= 4 is 19.8 Å². The van der Waals surface area contributed by atoms with Crippen molar-refractivity contribution in [3.05, 3.63) is 0 Å². The molecule has 496 valence electrons. The lowest BCUT2D eigenvalue weighted by atomic mass is 10.0. The van der Waals surface area contributed by atoms with Crippen LogP contribution >= 0.6 is 7.82 Å². The number of hydrogen-bond acceptors (Lipinski definition) is 8. The highest BCUT2D eigenvalue weighted by molar-refractivity contribution is 7.47. The number of phosphoric ester groups is 1. The molecule has 0 aromatic carbocycles. The lowest BCUT2D eigenvalue weighted by molar-refractivity contribution is -0.161. The summed E-state index contributed by atoms with van der Waals surface area (Å²) < 4.78 is 33.2. The summed E-state index contributed by atoms with van der Waals surface area (Å²) in [6.07, 6.45) is 83.8. The molecule has 2 unspecified atom stereocenters. The zero-order chi connectivity index (χ0) is 60.1. The van der Waals surface area contributed by atoms with E-state index in [2.05, 4.69) is 13.8 Å². The summed E-state index contributed by atoms with van der Waals surface area (Å²) >= 11 is 0. The number of nitrogens with two attached hydrogens (primary N) is 1. The minimum absolute atomic E-state index is 0.0589. The largest absolute Gasteiger partial charge is 0.472 e. The predicted octanol–water partition coefficient (Wildman–Crippen LogP) is 24.5. The maximum atomic E-state index is 12.8. The van der Waals surface area contributed by atoms with Gasteiger partial charge in [0.2, 0.25) is 0 Å². The van der Waals surface area contributed by atoms with Gasteiger partial charge in [-0.05, 0) is 12.8 Å². The third-order valence-corrected chi connectivity index (χ3v) is 18.5. The topological polar surface area (TPSA) is 134 Å². The molecule has 0 amide bonds. The van der Waals surface area contributed by atoms with Crippen molar-refractivity contribution in [3.63, 3.8) is 0 Å². The Kier molecular flexibility index (Phi) is 69.3. The average molecular weight is 1200 g/mol. The fraction of sp³-hybridized carbons (Fsp3) is 0.973. The maximum absolute atomic E-state index is 12.8. The molecule has 0 aromatic rings. The second kappa shape index (κ2) is 70.1. The van der Waals surface area contributed by atoms with Crippen LogP contribution in [0.2, 0.25) is 0 Å². The molecule has 0 spiro atoms. The molecule has 10 heteroatoms. The van der Waals surface area contributed by atoms with Gasteiger partial charge in [-0.1, -0.05) is 399 Å². The molecule has 0 heterocycles. The van der Waals surface area contributed by atoms with Gasteiger partial charge in [0.1, 0.15) is 6.61 Å². The number of ether oxygens (including phenoxy) is 2. The van der Waals surface area contributed by atoms with E-state index in [1.807, 2.05) is 0 Å². The molecule has 9 nitrogen and oxygen atoms in total. The van der Waals surface area contributed by atoms with Crippen molar-refractivity contribution in [1.29, 1.82) is 0 Å². The van der Waals surface area contributed by atoms with E-state index in [0.717, 1.165) is 32.1 Å². The van der Waals surface area contributed by atoms with Crippen LogP contribution in [0.5, 0.6) is 0 Å². The molecule has 0 aliphatic rings. The average Bonchev–Trinajstić information content (AvgIpc) is 3.48. The predicted molar refractivity (Wildman–Crippen MR) is 358 cm³/mol. The number of carbonyl (C=O) groups is 2. The Bertz CT molecular complexity index is 1320. The molecule has 0 radical (unpaired) electrons. The van der Waals surface area contributed by atoms with Crippen LogP contribution in [0.4, 0.5) is 0 Å². The number of rotatable bonds is 73. The first kappa shape index (κ1) is 82.0. The maximum Gasteiger partial charge on any atom is 0.472 e. The van der Waals surface area contributed by atoms with E-state index in [0.29, 0.717) is 12.8 Å². The fourth-order valence-electron chi connectivity index (χ4n) is 11.9. The number of unbranched alkanes of at least 4 members (excludes halogenated alkanes) is 60. The standard InChI is InChI=1S/C73H146NO8P/c1-3-5-7-9-11-13-15-17-19-21-23-25-27-29-31-33-34-35-36-37-38-40-42-44-46-48-50-52-54-56-58-60-62-64-66-73(76)82-71(70-81-83(77,78)80-68-67-74)69-79-72(75)65-63-61-59-57-55-53-51-49-47-45-43-41-39-32-30-28-26-24-22-20-18-16-14-12-10-8-6-4-2/h71H,3-70,74H2,1-2H3,(H,77,78). The monoisotopic (exact) mass is 1200 g/mol. The first-order chi connectivity index (χ1) is 40.8. The van der Waals surface area contributed by atoms with E-state index in [1.165, 1.54) is 360 Å². The summed E-state index contributed by atoms with van der Waals surface area (Å²) in [7, 11) is -4.39. The first-order valence-corrected chi connectivity index (χ1v) is 39.0. The number of hydrogen-bond donors (Lipinski definition) is 2. The van der Waals surface area contributed by atoms with Crippen molar-refractivity contribution in [3.8, 4) is 0 Å². The van der Waals surface area contributed by atoms with E-state index in [9.17, 15) is 19.0 Å². The van der Waals surface area contributed by atoms with Crippen molar-refractivity contribution < 1.29 is 37.6 Å². The van der Waals surface area contributed by atoms with Crippen molar-refractivity contribution in [2.45, 2.75) is 431 Å². The summed E-state index contributed by atoms with van der Waals surface area (Å²) in [6.45, 7) is 3.85. The van der Waals surface area contributed by atoms with Crippen LogP contribution in [0.1, 0.15) is 425 Å². The second-order valence-electron chi connectivity index (χ2n) is 25.9. The molecule has 0 bridgehead atoms. The molecule has 0 aromatic heterocycles. The van der Waals surface area contributed by atoms with Gasteiger partial charge in [0, 0.05) is 19.4 Å². The molecule has 0 aliphatic carbocycles. The van der Waals surface area contributed by atoms with Gasteiger partial charge in [-0.3, -0.25) is 18.6 Å². The molecule has 0 saturated heterocycles. The van der Waals surface area contributed by atoms with E-state index in [1.54, 1.807) is 0 Å². The van der Waals surface area contributed by atoms with Crippen LogP contribution < -0.4 is 5.73 Å². The molecule has 83 heavy (non-hydrogen) atoms. The van der Waals surface area contributed by atoms with E-state index < -0.39 is 26.5 Å². The zero-order valence-electron chi connectivity index (χ0n) is 56.0. The zero-order valence-corrected chi connectivity index (χ0v) is 56.9. The molecule has 0 rings (SSSR count). The van der Waals surface area contributed by atoms with E-state index >= 15 is 0 Å². The fourth-order valence-corrected chi connectivity index (χ4v) is 12.7. The summed E-state index contributed by atoms with van der Waals surface area (Å²) in [4.78, 5) is 35.4. The van der Waals surface area contributed by atoms with Crippen LogP contribution in [0.15, 0.2) is 0 Å². The number of esters is 2. The minimum atomic E-state index is -4.39. The Labute approximate surface area is 517 Å². The van der Waals surface area contributed by atoms with Gasteiger partial charge in [-0.25, -0.2) is 4.57 Å². The summed E-state index contributed by atoms with van der Waals surface area (Å²) in [6, 6.07) is 0. The van der Waals surface area contributed by atoms with Crippen molar-refractivity contribution in [2.24, 2.45) is 5.73 Å². The normalized spacial score (nSPS) is 12.8. The molecular weight excluding hydrogens is 1050 g/mol. The SMILES string of the molecule is CCCCCCCCCCCCCCCCCCCCCCCCCCCCCCCCCCCCC(=O)OC(COC(=O)CCCCCCCCCCCCCCCCCCCCCCCCCCCCCC)COP(=O)(O)OCCN. The molecule has 0 saturated carbocycles.